The number of benzene rings is 4. The van der Waals surface area contributed by atoms with E-state index in [0.29, 0.717) is 14.5 Å². The molecule has 1 N–H and O–H groups in total. The van der Waals surface area contributed by atoms with Crippen LogP contribution in [0.25, 0.3) is 57.7 Å². The molecule has 6 heteroatoms. The first kappa shape index (κ1) is 31.9. The molecule has 3 heterocycles. The molecule has 4 aromatic carbocycles. The van der Waals surface area contributed by atoms with Crippen LogP contribution in [0.5, 0.6) is 0 Å². The van der Waals surface area contributed by atoms with Crippen LogP contribution >= 0.6 is 0 Å². The summed E-state index contributed by atoms with van der Waals surface area (Å²) in [5.41, 5.74) is 3.85. The standard InChI is InChI=1S/C27H15N2Se.C11H20O2.Ir/c1-2-8-18(9-3-1)29-21-11-6-12-22-24(21)25-23(30-22)15-16-28-26(25)20-14-13-17-7-4-5-10-19(17)27(20)29;1-10(2,3)8(12)7-9(13)11(4,5)6;/h1-13,15-16H;7,12H,1-6H3;/q-1;;/b;8-7-;. The summed E-state index contributed by atoms with van der Waals surface area (Å²) in [6.45, 7) is 11.1. The van der Waals surface area contributed by atoms with Crippen molar-refractivity contribution in [2.24, 2.45) is 10.8 Å². The zero-order valence-electron chi connectivity index (χ0n) is 25.7. The number of aromatic nitrogens is 2. The molecule has 0 saturated carbocycles. The third kappa shape index (κ3) is 5.80. The van der Waals surface area contributed by atoms with E-state index >= 15 is 0 Å². The number of aliphatic hydroxyl groups is 1. The molecule has 4 nitrogen and oxygen atoms in total. The van der Waals surface area contributed by atoms with Crippen LogP contribution in [-0.2, 0) is 24.9 Å². The van der Waals surface area contributed by atoms with E-state index in [1.165, 1.54) is 41.7 Å². The fraction of sp³-hybridized carbons (Fsp3) is 0.211. The van der Waals surface area contributed by atoms with Crippen molar-refractivity contribution in [2.75, 3.05) is 0 Å². The molecule has 0 bridgehead atoms. The number of ketones is 1. The molecule has 44 heavy (non-hydrogen) atoms. The Morgan fingerprint density at radius 2 is 1.52 bits per heavy atom. The summed E-state index contributed by atoms with van der Waals surface area (Å²) in [6.07, 6.45) is 3.30. The zero-order chi connectivity index (χ0) is 30.5. The molecular weight excluding hydrogens is 788 g/mol. The van der Waals surface area contributed by atoms with E-state index in [-0.39, 0.29) is 37.1 Å². The molecule has 0 spiro atoms. The van der Waals surface area contributed by atoms with Gasteiger partial charge in [0.25, 0.3) is 0 Å². The fourth-order valence-electron chi connectivity index (χ4n) is 5.25. The van der Waals surface area contributed by atoms with Gasteiger partial charge in [-0.25, -0.2) is 0 Å². The number of carbonyl (C=O) groups excluding carboxylic acids is 1. The number of hydrogen-bond donors (Lipinski definition) is 1. The molecule has 0 aliphatic carbocycles. The van der Waals surface area contributed by atoms with E-state index in [0.717, 1.165) is 22.1 Å². The fourth-order valence-corrected chi connectivity index (χ4v) is 7.60. The van der Waals surface area contributed by atoms with Crippen LogP contribution in [0.2, 0.25) is 0 Å². The molecule has 225 valence electrons. The average molecular weight is 823 g/mol. The molecular formula is C38H35IrN2O2Se-. The van der Waals surface area contributed by atoms with Crippen LogP contribution in [0, 0.1) is 16.9 Å². The van der Waals surface area contributed by atoms with Crippen LogP contribution in [0.4, 0.5) is 0 Å². The third-order valence-corrected chi connectivity index (χ3v) is 10.1. The normalized spacial score (nSPS) is 12.5. The van der Waals surface area contributed by atoms with Crippen molar-refractivity contribution in [3.63, 3.8) is 0 Å². The Hall–Kier alpha value is -3.53. The van der Waals surface area contributed by atoms with Gasteiger partial charge in [0, 0.05) is 37.0 Å². The van der Waals surface area contributed by atoms with E-state index in [9.17, 15) is 9.90 Å². The van der Waals surface area contributed by atoms with E-state index in [1.54, 1.807) is 0 Å². The predicted molar refractivity (Wildman–Crippen MR) is 181 cm³/mol. The Morgan fingerprint density at radius 3 is 2.23 bits per heavy atom. The molecule has 0 amide bonds. The van der Waals surface area contributed by atoms with Gasteiger partial charge in [-0.3, -0.25) is 4.79 Å². The van der Waals surface area contributed by atoms with Crippen LogP contribution in [-0.4, -0.2) is 34.9 Å². The molecule has 0 saturated heterocycles. The number of hydrogen-bond acceptors (Lipinski definition) is 3. The van der Waals surface area contributed by atoms with Crippen LogP contribution in [0.3, 0.4) is 0 Å². The quantitative estimate of drug-likeness (QED) is 0.0819. The molecule has 1 radical (unpaired) electrons. The maximum absolute atomic E-state index is 11.5. The van der Waals surface area contributed by atoms with E-state index in [2.05, 4.69) is 95.6 Å². The summed E-state index contributed by atoms with van der Waals surface area (Å²) in [4.78, 5) is 16.4. The summed E-state index contributed by atoms with van der Waals surface area (Å²) in [7, 11) is 0. The second kappa shape index (κ2) is 12.1. The first-order valence-corrected chi connectivity index (χ1v) is 16.2. The van der Waals surface area contributed by atoms with Gasteiger partial charge in [-0.05, 0) is 0 Å². The van der Waals surface area contributed by atoms with Crippen molar-refractivity contribution in [2.45, 2.75) is 41.5 Å². The van der Waals surface area contributed by atoms with Crippen LogP contribution in [0.15, 0.2) is 103 Å². The van der Waals surface area contributed by atoms with E-state index in [1.807, 2.05) is 47.7 Å². The predicted octanol–water partition coefficient (Wildman–Crippen LogP) is 9.58. The molecule has 7 rings (SSSR count). The molecule has 0 atom stereocenters. The molecule has 0 unspecified atom stereocenters. The second-order valence-corrected chi connectivity index (χ2v) is 15.2. The van der Waals surface area contributed by atoms with Gasteiger partial charge < -0.3 is 5.11 Å². The Morgan fingerprint density at radius 1 is 0.841 bits per heavy atom. The van der Waals surface area contributed by atoms with Crippen molar-refractivity contribution in [3.05, 3.63) is 109 Å². The number of nitrogens with zero attached hydrogens (tertiary/aromatic N) is 2. The summed E-state index contributed by atoms with van der Waals surface area (Å²) in [5.74, 6) is 0.104. The Labute approximate surface area is 277 Å². The maximum atomic E-state index is 11.5. The minimum atomic E-state index is -0.417. The molecule has 0 aliphatic rings. The first-order valence-electron chi connectivity index (χ1n) is 14.5. The Bertz CT molecular complexity index is 2180. The number of pyridine rings is 1. The SMILES string of the molecule is CC(C)(C)C(=O)/C=C(\O)C(C)(C)C.[Ir].[c-]1cc2ccccc2c2c1c1nccc3[se]c4cccc(c4c31)n2-c1ccccc1. The average Bonchev–Trinajstić information content (AvgIpc) is 3.30. The summed E-state index contributed by atoms with van der Waals surface area (Å²) < 4.78 is 5.26. The summed E-state index contributed by atoms with van der Waals surface area (Å²) in [5, 5.41) is 15.7. The van der Waals surface area contributed by atoms with Gasteiger partial charge in [0.15, 0.2) is 5.78 Å². The zero-order valence-corrected chi connectivity index (χ0v) is 29.8. The minimum absolute atomic E-state index is 0. The van der Waals surface area contributed by atoms with E-state index < -0.39 is 5.41 Å². The van der Waals surface area contributed by atoms with Crippen LogP contribution < -0.4 is 0 Å². The molecule has 7 aromatic rings. The summed E-state index contributed by atoms with van der Waals surface area (Å²) in [6, 6.07) is 33.9. The number of fused-ring (bicyclic) bond motifs is 4. The van der Waals surface area contributed by atoms with Gasteiger partial charge in [0.05, 0.1) is 0 Å². The van der Waals surface area contributed by atoms with Crippen molar-refractivity contribution in [3.8, 4) is 5.69 Å². The Balaban J connectivity index is 0.000000237. The second-order valence-electron chi connectivity index (χ2n) is 12.9. The number of aliphatic hydroxyl groups excluding tert-OH is 1. The topological polar surface area (TPSA) is 55.1 Å². The number of para-hydroxylation sites is 1. The third-order valence-electron chi connectivity index (χ3n) is 7.70. The van der Waals surface area contributed by atoms with Crippen molar-refractivity contribution in [1.29, 1.82) is 0 Å². The van der Waals surface area contributed by atoms with Crippen LogP contribution in [0.1, 0.15) is 41.5 Å². The van der Waals surface area contributed by atoms with E-state index in [4.69, 9.17) is 4.98 Å². The van der Waals surface area contributed by atoms with Gasteiger partial charge in [0.2, 0.25) is 0 Å². The number of rotatable bonds is 2. The molecule has 0 fully saturated rings. The molecule has 0 aliphatic heterocycles. The summed E-state index contributed by atoms with van der Waals surface area (Å²) >= 11 is 0.301. The van der Waals surface area contributed by atoms with Gasteiger partial charge in [-0.2, -0.15) is 0 Å². The van der Waals surface area contributed by atoms with Gasteiger partial charge in [-0.1, -0.05) is 41.5 Å². The monoisotopic (exact) mass is 824 g/mol. The van der Waals surface area contributed by atoms with Crippen molar-refractivity contribution < 1.29 is 30.0 Å². The van der Waals surface area contributed by atoms with Gasteiger partial charge >= 0.3 is 179 Å². The van der Waals surface area contributed by atoms with Crippen molar-refractivity contribution in [1.82, 2.24) is 9.55 Å². The first-order chi connectivity index (χ1) is 20.4. The Kier molecular flexibility index (Phi) is 8.77. The number of carbonyl (C=O) groups is 1. The van der Waals surface area contributed by atoms with Gasteiger partial charge in [-0.15, -0.1) is 0 Å². The van der Waals surface area contributed by atoms with Crippen molar-refractivity contribution >= 4 is 72.3 Å². The molecule has 3 aromatic heterocycles. The van der Waals surface area contributed by atoms with Gasteiger partial charge in [0.1, 0.15) is 5.76 Å². The number of allylic oxidation sites excluding steroid dienone is 2.